The lowest BCUT2D eigenvalue weighted by molar-refractivity contribution is 0.648. The average Bonchev–Trinajstić information content (AvgIpc) is 3.08. The Morgan fingerprint density at radius 1 is 0.963 bits per heavy atom. The fraction of sp³-hybridized carbons (Fsp3) is 0.238. The number of benzene rings is 2. The number of aryl methyl sites for hydroxylation is 1. The van der Waals surface area contributed by atoms with Gasteiger partial charge in [0, 0.05) is 47.8 Å². The van der Waals surface area contributed by atoms with Crippen LogP contribution in [0.1, 0.15) is 5.56 Å². The van der Waals surface area contributed by atoms with Crippen LogP contribution < -0.4 is 9.80 Å². The van der Waals surface area contributed by atoms with Crippen LogP contribution in [0.5, 0.6) is 0 Å². The predicted octanol–water partition coefficient (Wildman–Crippen LogP) is 4.40. The van der Waals surface area contributed by atoms with E-state index < -0.39 is 0 Å². The van der Waals surface area contributed by atoms with Gasteiger partial charge in [0.15, 0.2) is 5.82 Å². The lowest BCUT2D eigenvalue weighted by atomic mass is 10.1. The molecule has 1 saturated heterocycles. The molecule has 0 bridgehead atoms. The third-order valence-electron chi connectivity index (χ3n) is 5.35. The number of aromatic nitrogens is 3. The van der Waals surface area contributed by atoms with Crippen LogP contribution in [0.15, 0.2) is 48.8 Å². The molecule has 27 heavy (non-hydrogen) atoms. The topological polar surface area (TPSA) is 48.1 Å². The first kappa shape index (κ1) is 16.4. The largest absolute Gasteiger partial charge is 0.368 e. The van der Waals surface area contributed by atoms with Crippen LogP contribution in [0, 0.1) is 6.92 Å². The minimum absolute atomic E-state index is 0.779. The highest BCUT2D eigenvalue weighted by atomic mass is 35.5. The number of piperazine rings is 1. The molecular formula is C21H20ClN5. The number of halogens is 1. The number of hydrogen-bond acceptors (Lipinski definition) is 4. The number of anilines is 2. The van der Waals surface area contributed by atoms with Crippen LogP contribution >= 0.6 is 11.6 Å². The standard InChI is InChI=1S/C21H20ClN5/c1-14-4-2-7-17-18(14)19-20(25-17)21(24-13-23-19)27-10-8-26(9-11-27)16-6-3-5-15(22)12-16/h2-7,12-13,25H,8-11H2,1H3. The SMILES string of the molecule is Cc1cccc2[nH]c3c(N4CCN(c5cccc(Cl)c5)CC4)ncnc3c12. The Hall–Kier alpha value is -2.79. The third-order valence-corrected chi connectivity index (χ3v) is 5.58. The molecule has 1 fully saturated rings. The molecule has 136 valence electrons. The van der Waals surface area contributed by atoms with Crippen LogP contribution in [0.25, 0.3) is 21.9 Å². The number of H-pyrrole nitrogens is 1. The highest BCUT2D eigenvalue weighted by Gasteiger charge is 2.22. The van der Waals surface area contributed by atoms with Crippen molar-refractivity contribution >= 4 is 45.0 Å². The summed E-state index contributed by atoms with van der Waals surface area (Å²) >= 11 is 6.15. The molecular weight excluding hydrogens is 358 g/mol. The van der Waals surface area contributed by atoms with E-state index in [4.69, 9.17) is 11.6 Å². The van der Waals surface area contributed by atoms with Crippen molar-refractivity contribution in [2.24, 2.45) is 0 Å². The van der Waals surface area contributed by atoms with E-state index in [0.29, 0.717) is 0 Å². The molecule has 5 rings (SSSR count). The summed E-state index contributed by atoms with van der Waals surface area (Å²) in [4.78, 5) is 17.4. The molecule has 0 aliphatic carbocycles. The summed E-state index contributed by atoms with van der Waals surface area (Å²) in [6.45, 7) is 5.82. The number of nitrogens with one attached hydrogen (secondary N) is 1. The van der Waals surface area contributed by atoms with Crippen molar-refractivity contribution in [1.82, 2.24) is 15.0 Å². The maximum absolute atomic E-state index is 6.15. The Labute approximate surface area is 162 Å². The van der Waals surface area contributed by atoms with Gasteiger partial charge in [-0.25, -0.2) is 9.97 Å². The molecule has 0 radical (unpaired) electrons. The van der Waals surface area contributed by atoms with Crippen LogP contribution in [0.4, 0.5) is 11.5 Å². The van der Waals surface area contributed by atoms with Gasteiger partial charge in [0.1, 0.15) is 17.4 Å². The fourth-order valence-corrected chi connectivity index (χ4v) is 4.18. The van der Waals surface area contributed by atoms with E-state index in [2.05, 4.69) is 55.9 Å². The fourth-order valence-electron chi connectivity index (χ4n) is 3.99. The van der Waals surface area contributed by atoms with Crippen LogP contribution in [-0.4, -0.2) is 41.1 Å². The number of rotatable bonds is 2. The van der Waals surface area contributed by atoms with Crippen LogP contribution in [-0.2, 0) is 0 Å². The van der Waals surface area contributed by atoms with Crippen molar-refractivity contribution in [3.8, 4) is 0 Å². The van der Waals surface area contributed by atoms with Gasteiger partial charge >= 0.3 is 0 Å². The molecule has 2 aromatic heterocycles. The Balaban J connectivity index is 1.47. The summed E-state index contributed by atoms with van der Waals surface area (Å²) in [6, 6.07) is 14.4. The molecule has 4 aromatic rings. The highest BCUT2D eigenvalue weighted by Crippen LogP contribution is 2.31. The summed E-state index contributed by atoms with van der Waals surface area (Å²) in [5.74, 6) is 0.987. The van der Waals surface area contributed by atoms with E-state index in [9.17, 15) is 0 Å². The predicted molar refractivity (Wildman–Crippen MR) is 112 cm³/mol. The van der Waals surface area contributed by atoms with E-state index in [0.717, 1.165) is 53.6 Å². The minimum Gasteiger partial charge on any atom is -0.368 e. The average molecular weight is 378 g/mol. The van der Waals surface area contributed by atoms with Gasteiger partial charge in [0.2, 0.25) is 0 Å². The lowest BCUT2D eigenvalue weighted by Crippen LogP contribution is -2.47. The first-order chi connectivity index (χ1) is 13.2. The van der Waals surface area contributed by atoms with Crippen molar-refractivity contribution in [3.63, 3.8) is 0 Å². The number of nitrogens with zero attached hydrogens (tertiary/aromatic N) is 4. The van der Waals surface area contributed by atoms with E-state index in [-0.39, 0.29) is 0 Å². The smallest absolute Gasteiger partial charge is 0.156 e. The maximum Gasteiger partial charge on any atom is 0.156 e. The van der Waals surface area contributed by atoms with Gasteiger partial charge in [-0.3, -0.25) is 0 Å². The van der Waals surface area contributed by atoms with Crippen molar-refractivity contribution in [2.45, 2.75) is 6.92 Å². The normalized spacial score (nSPS) is 15.0. The first-order valence-electron chi connectivity index (χ1n) is 9.18. The Morgan fingerprint density at radius 3 is 2.56 bits per heavy atom. The number of aromatic amines is 1. The van der Waals surface area contributed by atoms with Gasteiger partial charge in [0.05, 0.1) is 0 Å². The minimum atomic E-state index is 0.779. The zero-order valence-electron chi connectivity index (χ0n) is 15.1. The molecule has 0 saturated carbocycles. The zero-order valence-corrected chi connectivity index (χ0v) is 15.9. The monoisotopic (exact) mass is 377 g/mol. The second-order valence-corrected chi connectivity index (χ2v) is 7.43. The summed E-state index contributed by atoms with van der Waals surface area (Å²) in [5, 5.41) is 1.97. The molecule has 0 atom stereocenters. The van der Waals surface area contributed by atoms with Crippen molar-refractivity contribution < 1.29 is 0 Å². The van der Waals surface area contributed by atoms with Gasteiger partial charge < -0.3 is 14.8 Å². The Bertz CT molecular complexity index is 1130. The summed E-state index contributed by atoms with van der Waals surface area (Å²) in [7, 11) is 0. The summed E-state index contributed by atoms with van der Waals surface area (Å²) in [6.07, 6.45) is 1.68. The molecule has 1 N–H and O–H groups in total. The molecule has 1 aliphatic rings. The van der Waals surface area contributed by atoms with E-state index in [1.807, 2.05) is 18.2 Å². The van der Waals surface area contributed by atoms with Gasteiger partial charge in [0.25, 0.3) is 0 Å². The van der Waals surface area contributed by atoms with Crippen molar-refractivity contribution in [2.75, 3.05) is 36.0 Å². The van der Waals surface area contributed by atoms with Gasteiger partial charge in [-0.15, -0.1) is 0 Å². The molecule has 1 aliphatic heterocycles. The van der Waals surface area contributed by atoms with Gasteiger partial charge in [-0.05, 0) is 36.8 Å². The molecule has 0 unspecified atom stereocenters. The van der Waals surface area contributed by atoms with Gasteiger partial charge in [-0.1, -0.05) is 29.8 Å². The molecule has 0 amide bonds. The lowest BCUT2D eigenvalue weighted by Gasteiger charge is -2.36. The number of fused-ring (bicyclic) bond motifs is 3. The molecule has 0 spiro atoms. The molecule has 6 heteroatoms. The van der Waals surface area contributed by atoms with E-state index in [1.54, 1.807) is 6.33 Å². The maximum atomic E-state index is 6.15. The number of hydrogen-bond donors (Lipinski definition) is 1. The second-order valence-electron chi connectivity index (χ2n) is 7.00. The highest BCUT2D eigenvalue weighted by molar-refractivity contribution is 6.30. The second kappa shape index (κ2) is 6.43. The molecule has 5 nitrogen and oxygen atoms in total. The third kappa shape index (κ3) is 2.79. The van der Waals surface area contributed by atoms with Gasteiger partial charge in [-0.2, -0.15) is 0 Å². The van der Waals surface area contributed by atoms with Crippen molar-refractivity contribution in [3.05, 3.63) is 59.4 Å². The van der Waals surface area contributed by atoms with Crippen LogP contribution in [0.3, 0.4) is 0 Å². The Kier molecular flexibility index (Phi) is 3.90. The quantitative estimate of drug-likeness (QED) is 0.562. The summed E-state index contributed by atoms with van der Waals surface area (Å²) in [5.41, 5.74) is 5.55. The van der Waals surface area contributed by atoms with Crippen molar-refractivity contribution in [1.29, 1.82) is 0 Å². The van der Waals surface area contributed by atoms with E-state index in [1.165, 1.54) is 16.6 Å². The molecule has 3 heterocycles. The Morgan fingerprint density at radius 2 is 1.74 bits per heavy atom. The summed E-state index contributed by atoms with van der Waals surface area (Å²) < 4.78 is 0. The molecule has 2 aromatic carbocycles. The zero-order chi connectivity index (χ0) is 18.4. The van der Waals surface area contributed by atoms with E-state index >= 15 is 0 Å². The van der Waals surface area contributed by atoms with Crippen LogP contribution in [0.2, 0.25) is 5.02 Å². The first-order valence-corrected chi connectivity index (χ1v) is 9.56.